The second-order valence-corrected chi connectivity index (χ2v) is 5.79. The van der Waals surface area contributed by atoms with Crippen LogP contribution >= 0.6 is 27.3 Å². The highest BCUT2D eigenvalue weighted by atomic mass is 79.9. The maximum atomic E-state index is 10.9. The fraction of sp³-hybridized carbons (Fsp3) is 0.545. The topological polar surface area (TPSA) is 52.3 Å². The molecular formula is C11H16BrNO2S. The number of rotatable bonds is 5. The predicted octanol–water partition coefficient (Wildman–Crippen LogP) is 3.16. The van der Waals surface area contributed by atoms with Crippen LogP contribution in [0.2, 0.25) is 0 Å². The van der Waals surface area contributed by atoms with Crippen LogP contribution in [0, 0.1) is 6.92 Å². The number of carbonyl (C=O) groups excluding carboxylic acids is 1. The Morgan fingerprint density at radius 3 is 2.88 bits per heavy atom. The number of thiophene rings is 1. The van der Waals surface area contributed by atoms with Crippen LogP contribution in [0.3, 0.4) is 0 Å². The van der Waals surface area contributed by atoms with Crippen LogP contribution in [0.5, 0.6) is 0 Å². The van der Waals surface area contributed by atoms with E-state index in [1.165, 1.54) is 12.0 Å². The molecule has 0 saturated carbocycles. The Morgan fingerprint density at radius 2 is 2.38 bits per heavy atom. The first kappa shape index (κ1) is 13.7. The van der Waals surface area contributed by atoms with Gasteiger partial charge < -0.3 is 10.5 Å². The van der Waals surface area contributed by atoms with Gasteiger partial charge in [0.25, 0.3) is 0 Å². The van der Waals surface area contributed by atoms with E-state index in [1.54, 1.807) is 11.3 Å². The van der Waals surface area contributed by atoms with Gasteiger partial charge in [0.15, 0.2) is 0 Å². The number of carbonyl (C=O) groups is 1. The number of esters is 1. The van der Waals surface area contributed by atoms with Crippen molar-refractivity contribution in [2.75, 3.05) is 7.11 Å². The highest BCUT2D eigenvalue weighted by molar-refractivity contribution is 9.10. The number of aryl methyl sites for hydroxylation is 1. The van der Waals surface area contributed by atoms with Crippen LogP contribution in [-0.2, 0) is 9.53 Å². The molecule has 3 nitrogen and oxygen atoms in total. The van der Waals surface area contributed by atoms with Gasteiger partial charge >= 0.3 is 5.97 Å². The monoisotopic (exact) mass is 305 g/mol. The third-order valence-corrected chi connectivity index (χ3v) is 4.40. The zero-order valence-electron chi connectivity index (χ0n) is 9.46. The molecule has 0 fully saturated rings. The molecule has 5 heteroatoms. The zero-order chi connectivity index (χ0) is 12.1. The Bertz CT molecular complexity index is 365. The Hall–Kier alpha value is -0.390. The third-order valence-electron chi connectivity index (χ3n) is 2.30. The number of hydrogen-bond donors (Lipinski definition) is 1. The molecule has 1 atom stereocenters. The lowest BCUT2D eigenvalue weighted by Crippen LogP contribution is -2.10. The molecule has 1 rings (SSSR count). The van der Waals surface area contributed by atoms with Gasteiger partial charge in [-0.1, -0.05) is 0 Å². The van der Waals surface area contributed by atoms with E-state index in [4.69, 9.17) is 5.73 Å². The summed E-state index contributed by atoms with van der Waals surface area (Å²) in [5, 5.41) is 0. The molecule has 1 heterocycles. The second-order valence-electron chi connectivity index (χ2n) is 3.64. The molecule has 0 aliphatic carbocycles. The number of ether oxygens (including phenoxy) is 1. The molecule has 0 saturated heterocycles. The zero-order valence-corrected chi connectivity index (χ0v) is 11.9. The normalized spacial score (nSPS) is 12.5. The largest absolute Gasteiger partial charge is 0.469 e. The lowest BCUT2D eigenvalue weighted by Gasteiger charge is -2.09. The van der Waals surface area contributed by atoms with Crippen LogP contribution < -0.4 is 5.73 Å². The summed E-state index contributed by atoms with van der Waals surface area (Å²) < 4.78 is 5.65. The maximum Gasteiger partial charge on any atom is 0.305 e. The summed E-state index contributed by atoms with van der Waals surface area (Å²) in [4.78, 5) is 13.3. The number of hydrogen-bond acceptors (Lipinski definition) is 4. The summed E-state index contributed by atoms with van der Waals surface area (Å²) in [6.45, 7) is 2.06. The Balaban J connectivity index is 2.43. The van der Waals surface area contributed by atoms with Crippen molar-refractivity contribution in [3.63, 3.8) is 0 Å². The van der Waals surface area contributed by atoms with E-state index in [-0.39, 0.29) is 12.0 Å². The van der Waals surface area contributed by atoms with Gasteiger partial charge in [-0.2, -0.15) is 0 Å². The van der Waals surface area contributed by atoms with E-state index in [0.29, 0.717) is 6.42 Å². The summed E-state index contributed by atoms with van der Waals surface area (Å²) in [7, 11) is 1.40. The first-order valence-corrected chi connectivity index (χ1v) is 6.73. The van der Waals surface area contributed by atoms with Crippen molar-refractivity contribution < 1.29 is 9.53 Å². The highest BCUT2D eigenvalue weighted by Gasteiger charge is 2.13. The molecule has 16 heavy (non-hydrogen) atoms. The van der Waals surface area contributed by atoms with Crippen molar-refractivity contribution in [2.24, 2.45) is 5.73 Å². The fourth-order valence-corrected chi connectivity index (χ4v) is 3.43. The minimum atomic E-state index is -0.173. The standard InChI is InChI=1S/C11H16BrNO2S/c1-7-6-8(12)11(16-7)9(13)4-3-5-10(14)15-2/h6,9H,3-5,13H2,1-2H3. The molecule has 1 aromatic heterocycles. The average Bonchev–Trinajstić information content (AvgIpc) is 2.57. The molecule has 1 unspecified atom stereocenters. The van der Waals surface area contributed by atoms with E-state index in [1.807, 2.05) is 0 Å². The van der Waals surface area contributed by atoms with E-state index in [9.17, 15) is 4.79 Å². The van der Waals surface area contributed by atoms with Crippen LogP contribution in [0.25, 0.3) is 0 Å². The highest BCUT2D eigenvalue weighted by Crippen LogP contribution is 2.33. The molecule has 0 amide bonds. The number of halogens is 1. The van der Waals surface area contributed by atoms with Crippen LogP contribution in [0.4, 0.5) is 0 Å². The Morgan fingerprint density at radius 1 is 1.69 bits per heavy atom. The van der Waals surface area contributed by atoms with E-state index in [0.717, 1.165) is 22.2 Å². The van der Waals surface area contributed by atoms with Crippen molar-refractivity contribution in [1.82, 2.24) is 0 Å². The van der Waals surface area contributed by atoms with Gasteiger partial charge in [0.05, 0.1) is 7.11 Å². The molecule has 1 aromatic rings. The average molecular weight is 306 g/mol. The summed E-state index contributed by atoms with van der Waals surface area (Å²) in [6.07, 6.45) is 2.00. The SMILES string of the molecule is COC(=O)CCCC(N)c1sc(C)cc1Br. The lowest BCUT2D eigenvalue weighted by molar-refractivity contribution is -0.140. The van der Waals surface area contributed by atoms with Gasteiger partial charge in [0.2, 0.25) is 0 Å². The third kappa shape index (κ3) is 3.88. The fourth-order valence-electron chi connectivity index (χ4n) is 1.45. The van der Waals surface area contributed by atoms with Crippen LogP contribution in [0.1, 0.15) is 35.1 Å². The first-order chi connectivity index (χ1) is 7.54. The minimum absolute atomic E-state index is 0.00210. The molecule has 0 radical (unpaired) electrons. The molecule has 0 aromatic carbocycles. The van der Waals surface area contributed by atoms with Gasteiger partial charge in [0.1, 0.15) is 0 Å². The Kier molecular flexibility index (Phi) is 5.44. The van der Waals surface area contributed by atoms with Gasteiger partial charge in [0, 0.05) is 26.7 Å². The van der Waals surface area contributed by atoms with E-state index >= 15 is 0 Å². The minimum Gasteiger partial charge on any atom is -0.469 e. The van der Waals surface area contributed by atoms with Crippen molar-refractivity contribution >= 4 is 33.2 Å². The van der Waals surface area contributed by atoms with E-state index < -0.39 is 0 Å². The molecule has 0 aliphatic heterocycles. The molecule has 0 spiro atoms. The van der Waals surface area contributed by atoms with Gasteiger partial charge in [-0.15, -0.1) is 11.3 Å². The second kappa shape index (κ2) is 6.37. The smallest absolute Gasteiger partial charge is 0.305 e. The molecular weight excluding hydrogens is 290 g/mol. The van der Waals surface area contributed by atoms with Crippen LogP contribution in [-0.4, -0.2) is 13.1 Å². The molecule has 90 valence electrons. The Labute approximate surface area is 108 Å². The van der Waals surface area contributed by atoms with Gasteiger partial charge in [-0.3, -0.25) is 4.79 Å². The van der Waals surface area contributed by atoms with Gasteiger partial charge in [-0.25, -0.2) is 0 Å². The molecule has 2 N–H and O–H groups in total. The van der Waals surface area contributed by atoms with Crippen molar-refractivity contribution in [1.29, 1.82) is 0 Å². The maximum absolute atomic E-state index is 10.9. The predicted molar refractivity (Wildman–Crippen MR) is 69.6 cm³/mol. The van der Waals surface area contributed by atoms with Crippen molar-refractivity contribution in [2.45, 2.75) is 32.2 Å². The quantitative estimate of drug-likeness (QED) is 0.850. The lowest BCUT2D eigenvalue weighted by atomic mass is 10.1. The number of nitrogens with two attached hydrogens (primary N) is 1. The summed E-state index contributed by atoms with van der Waals surface area (Å²) in [5.74, 6) is -0.173. The summed E-state index contributed by atoms with van der Waals surface area (Å²) >= 11 is 5.19. The molecule has 0 aliphatic rings. The summed E-state index contributed by atoms with van der Waals surface area (Å²) in [5.41, 5.74) is 6.07. The van der Waals surface area contributed by atoms with Crippen molar-refractivity contribution in [3.05, 3.63) is 20.3 Å². The van der Waals surface area contributed by atoms with E-state index in [2.05, 4.69) is 33.7 Å². The van der Waals surface area contributed by atoms with Crippen LogP contribution in [0.15, 0.2) is 10.5 Å². The van der Waals surface area contributed by atoms with Crippen molar-refractivity contribution in [3.8, 4) is 0 Å². The summed E-state index contributed by atoms with van der Waals surface area (Å²) in [6, 6.07) is 2.07. The molecule has 0 bridgehead atoms. The number of methoxy groups -OCH3 is 1. The first-order valence-electron chi connectivity index (χ1n) is 5.12. The van der Waals surface area contributed by atoms with Gasteiger partial charge in [-0.05, 0) is 41.8 Å².